The van der Waals surface area contributed by atoms with E-state index >= 15 is 0 Å². The lowest BCUT2D eigenvalue weighted by Crippen LogP contribution is -2.40. The fraction of sp³-hybridized carbons (Fsp3) is 0.450. The number of nitrogens with zero attached hydrogens (tertiary/aromatic N) is 1. The van der Waals surface area contributed by atoms with Crippen LogP contribution in [0, 0.1) is 6.92 Å². The summed E-state index contributed by atoms with van der Waals surface area (Å²) in [6.45, 7) is 6.12. The van der Waals surface area contributed by atoms with Crippen molar-refractivity contribution in [2.24, 2.45) is 0 Å². The van der Waals surface area contributed by atoms with Crippen molar-refractivity contribution in [2.45, 2.75) is 38.1 Å². The van der Waals surface area contributed by atoms with Crippen LogP contribution in [0.3, 0.4) is 0 Å². The van der Waals surface area contributed by atoms with Gasteiger partial charge >= 0.3 is 0 Å². The standard InChI is InChI=1S/C20H26N2O4S2/c1-3-4-17-13-19(27-15(17)2)20(23)21-14-16-5-7-18(8-6-16)28(24,25)22-9-11-26-12-10-22/h5-8,13H,3-4,9-12,14H2,1-2H3,(H,21,23). The summed E-state index contributed by atoms with van der Waals surface area (Å²) in [5.74, 6) is -0.0968. The van der Waals surface area contributed by atoms with Crippen molar-refractivity contribution < 1.29 is 17.9 Å². The predicted octanol–water partition coefficient (Wildman–Crippen LogP) is 2.96. The minimum absolute atomic E-state index is 0.0968. The maximum Gasteiger partial charge on any atom is 0.261 e. The number of nitrogens with one attached hydrogen (secondary N) is 1. The Morgan fingerprint density at radius 2 is 1.89 bits per heavy atom. The summed E-state index contributed by atoms with van der Waals surface area (Å²) in [5, 5.41) is 2.91. The van der Waals surface area contributed by atoms with Crippen LogP contribution >= 0.6 is 11.3 Å². The molecule has 1 N–H and O–H groups in total. The summed E-state index contributed by atoms with van der Waals surface area (Å²) in [5.41, 5.74) is 2.09. The van der Waals surface area contributed by atoms with Crippen LogP contribution in [0.25, 0.3) is 0 Å². The summed E-state index contributed by atoms with van der Waals surface area (Å²) in [6.07, 6.45) is 2.03. The van der Waals surface area contributed by atoms with E-state index in [1.807, 2.05) is 13.0 Å². The summed E-state index contributed by atoms with van der Waals surface area (Å²) < 4.78 is 31.9. The van der Waals surface area contributed by atoms with Crippen LogP contribution in [0.15, 0.2) is 35.2 Å². The highest BCUT2D eigenvalue weighted by Gasteiger charge is 2.26. The van der Waals surface area contributed by atoms with Gasteiger partial charge in [0, 0.05) is 24.5 Å². The molecule has 28 heavy (non-hydrogen) atoms. The van der Waals surface area contributed by atoms with Crippen LogP contribution in [-0.4, -0.2) is 44.9 Å². The molecular weight excluding hydrogens is 396 g/mol. The molecule has 0 spiro atoms. The van der Waals surface area contributed by atoms with E-state index in [0.717, 1.165) is 18.4 Å². The molecule has 8 heteroatoms. The number of hydrogen-bond donors (Lipinski definition) is 1. The minimum Gasteiger partial charge on any atom is -0.379 e. The second-order valence-corrected chi connectivity index (χ2v) is 9.98. The third kappa shape index (κ3) is 4.81. The highest BCUT2D eigenvalue weighted by molar-refractivity contribution is 7.89. The first-order chi connectivity index (χ1) is 13.4. The summed E-state index contributed by atoms with van der Waals surface area (Å²) in [7, 11) is -3.49. The van der Waals surface area contributed by atoms with Crippen molar-refractivity contribution in [1.82, 2.24) is 9.62 Å². The van der Waals surface area contributed by atoms with Gasteiger partial charge in [0.2, 0.25) is 10.0 Å². The number of sulfonamides is 1. The molecule has 152 valence electrons. The molecule has 0 unspecified atom stereocenters. The highest BCUT2D eigenvalue weighted by Crippen LogP contribution is 2.23. The van der Waals surface area contributed by atoms with E-state index in [-0.39, 0.29) is 10.8 Å². The topological polar surface area (TPSA) is 75.7 Å². The van der Waals surface area contributed by atoms with Crippen molar-refractivity contribution in [2.75, 3.05) is 26.3 Å². The van der Waals surface area contributed by atoms with Crippen LogP contribution in [-0.2, 0) is 27.7 Å². The third-order valence-electron chi connectivity index (χ3n) is 4.75. The largest absolute Gasteiger partial charge is 0.379 e. The molecule has 1 fully saturated rings. The van der Waals surface area contributed by atoms with Crippen LogP contribution < -0.4 is 5.32 Å². The third-order valence-corrected chi connectivity index (χ3v) is 7.75. The minimum atomic E-state index is -3.49. The van der Waals surface area contributed by atoms with E-state index in [1.54, 1.807) is 24.3 Å². The number of ether oxygens (including phenoxy) is 1. The molecule has 1 aromatic heterocycles. The lowest BCUT2D eigenvalue weighted by Gasteiger charge is -2.26. The Morgan fingerprint density at radius 3 is 2.54 bits per heavy atom. The number of rotatable bonds is 7. The molecule has 1 aliphatic heterocycles. The number of thiophene rings is 1. The molecule has 1 aliphatic rings. The van der Waals surface area contributed by atoms with Gasteiger partial charge in [0.05, 0.1) is 23.0 Å². The molecular formula is C20H26N2O4S2. The van der Waals surface area contributed by atoms with Gasteiger partial charge in [-0.05, 0) is 42.7 Å². The number of morpholine rings is 1. The van der Waals surface area contributed by atoms with E-state index in [2.05, 4.69) is 12.2 Å². The van der Waals surface area contributed by atoms with Crippen LogP contribution in [0.2, 0.25) is 0 Å². The SMILES string of the molecule is CCCc1cc(C(=O)NCc2ccc(S(=O)(=O)N3CCOCC3)cc2)sc1C. The van der Waals surface area contributed by atoms with Gasteiger partial charge in [-0.1, -0.05) is 25.5 Å². The van der Waals surface area contributed by atoms with Gasteiger partial charge < -0.3 is 10.1 Å². The van der Waals surface area contributed by atoms with E-state index in [0.29, 0.717) is 37.7 Å². The molecule has 0 aliphatic carbocycles. The molecule has 1 amide bonds. The van der Waals surface area contributed by atoms with Crippen molar-refractivity contribution >= 4 is 27.3 Å². The molecule has 2 heterocycles. The van der Waals surface area contributed by atoms with Gasteiger partial charge in [0.1, 0.15) is 0 Å². The van der Waals surface area contributed by atoms with E-state index in [1.165, 1.54) is 26.1 Å². The maximum absolute atomic E-state index is 12.6. The smallest absolute Gasteiger partial charge is 0.261 e. The second kappa shape index (κ2) is 9.17. The lowest BCUT2D eigenvalue weighted by molar-refractivity contribution is 0.0730. The fourth-order valence-electron chi connectivity index (χ4n) is 3.13. The summed E-state index contributed by atoms with van der Waals surface area (Å²) in [4.78, 5) is 14.6. The molecule has 1 aromatic carbocycles. The average Bonchev–Trinajstić information content (AvgIpc) is 3.08. The number of carbonyl (C=O) groups excluding carboxylic acids is 1. The van der Waals surface area contributed by atoms with Crippen molar-refractivity contribution in [3.8, 4) is 0 Å². The van der Waals surface area contributed by atoms with Gasteiger partial charge in [-0.2, -0.15) is 4.31 Å². The van der Waals surface area contributed by atoms with Crippen molar-refractivity contribution in [3.05, 3.63) is 51.2 Å². The number of carbonyl (C=O) groups is 1. The quantitative estimate of drug-likeness (QED) is 0.744. The average molecular weight is 423 g/mol. The molecule has 0 atom stereocenters. The zero-order valence-corrected chi connectivity index (χ0v) is 17.9. The molecule has 2 aromatic rings. The summed E-state index contributed by atoms with van der Waals surface area (Å²) in [6, 6.07) is 8.66. The zero-order valence-electron chi connectivity index (χ0n) is 16.2. The van der Waals surface area contributed by atoms with Crippen molar-refractivity contribution in [1.29, 1.82) is 0 Å². The normalized spacial score (nSPS) is 15.5. The fourth-order valence-corrected chi connectivity index (χ4v) is 5.53. The maximum atomic E-state index is 12.6. The van der Waals surface area contributed by atoms with E-state index in [9.17, 15) is 13.2 Å². The van der Waals surface area contributed by atoms with Crippen LogP contribution in [0.5, 0.6) is 0 Å². The Labute approximate surface area is 170 Å². The Balaban J connectivity index is 1.61. The molecule has 0 bridgehead atoms. The van der Waals surface area contributed by atoms with Gasteiger partial charge in [0.25, 0.3) is 5.91 Å². The predicted molar refractivity (Wildman–Crippen MR) is 110 cm³/mol. The van der Waals surface area contributed by atoms with Gasteiger partial charge in [-0.15, -0.1) is 11.3 Å². The second-order valence-electron chi connectivity index (χ2n) is 6.79. The number of amides is 1. The summed E-state index contributed by atoms with van der Waals surface area (Å²) >= 11 is 1.51. The van der Waals surface area contributed by atoms with Gasteiger partial charge in [0.15, 0.2) is 0 Å². The molecule has 6 nitrogen and oxygen atoms in total. The highest BCUT2D eigenvalue weighted by atomic mass is 32.2. The zero-order chi connectivity index (χ0) is 20.1. The van der Waals surface area contributed by atoms with E-state index in [4.69, 9.17) is 4.74 Å². The molecule has 0 radical (unpaired) electrons. The molecule has 3 rings (SSSR count). The van der Waals surface area contributed by atoms with Gasteiger partial charge in [-0.25, -0.2) is 8.42 Å². The Morgan fingerprint density at radius 1 is 1.21 bits per heavy atom. The Kier molecular flexibility index (Phi) is 6.87. The Bertz CT molecular complexity index is 914. The number of benzene rings is 1. The number of aryl methyl sites for hydroxylation is 2. The first-order valence-electron chi connectivity index (χ1n) is 9.46. The monoisotopic (exact) mass is 422 g/mol. The van der Waals surface area contributed by atoms with Gasteiger partial charge in [-0.3, -0.25) is 4.79 Å². The van der Waals surface area contributed by atoms with Crippen molar-refractivity contribution in [3.63, 3.8) is 0 Å². The number of hydrogen-bond acceptors (Lipinski definition) is 5. The first-order valence-corrected chi connectivity index (χ1v) is 11.7. The van der Waals surface area contributed by atoms with Crippen LogP contribution in [0.1, 0.15) is 39.0 Å². The Hall–Kier alpha value is -1.74. The van der Waals surface area contributed by atoms with Crippen LogP contribution in [0.4, 0.5) is 0 Å². The molecule has 0 saturated carbocycles. The van der Waals surface area contributed by atoms with E-state index < -0.39 is 10.0 Å². The first kappa shape index (κ1) is 21.0. The lowest BCUT2D eigenvalue weighted by atomic mass is 10.1. The molecule has 1 saturated heterocycles.